The third-order valence-corrected chi connectivity index (χ3v) is 5.20. The van der Waals surface area contributed by atoms with E-state index in [9.17, 15) is 18.5 Å². The first kappa shape index (κ1) is 15.3. The van der Waals surface area contributed by atoms with Gasteiger partial charge in [-0.15, -0.1) is 11.3 Å². The molecule has 0 saturated carbocycles. The molecular formula is C8H11ClN2O5S2. The van der Waals surface area contributed by atoms with Crippen LogP contribution in [0.15, 0.2) is 10.3 Å². The van der Waals surface area contributed by atoms with E-state index in [1.807, 2.05) is 0 Å². The van der Waals surface area contributed by atoms with E-state index in [1.165, 1.54) is 7.11 Å². The molecule has 1 aromatic rings. The minimum absolute atomic E-state index is 0.155. The summed E-state index contributed by atoms with van der Waals surface area (Å²) in [5, 5.41) is 10.6. The summed E-state index contributed by atoms with van der Waals surface area (Å²) in [7, 11) is -2.24. The normalized spacial score (nSPS) is 11.7. The molecule has 102 valence electrons. The number of nitro groups is 1. The summed E-state index contributed by atoms with van der Waals surface area (Å²) in [4.78, 5) is 9.84. The van der Waals surface area contributed by atoms with Gasteiger partial charge < -0.3 is 4.74 Å². The van der Waals surface area contributed by atoms with Gasteiger partial charge in [-0.3, -0.25) is 10.1 Å². The van der Waals surface area contributed by atoms with Crippen molar-refractivity contribution in [2.75, 3.05) is 20.3 Å². The number of halogens is 1. The van der Waals surface area contributed by atoms with Crippen LogP contribution in [0.5, 0.6) is 0 Å². The Hall–Kier alpha value is -0.740. The number of thiophene rings is 1. The number of nitrogens with zero attached hydrogens (tertiary/aromatic N) is 1. The van der Waals surface area contributed by atoms with Crippen LogP contribution in [0.4, 0.5) is 5.69 Å². The first-order valence-corrected chi connectivity index (χ1v) is 7.48. The van der Waals surface area contributed by atoms with Crippen molar-refractivity contribution < 1.29 is 18.1 Å². The van der Waals surface area contributed by atoms with Crippen LogP contribution in [0.3, 0.4) is 0 Å². The second-order valence-corrected chi connectivity index (χ2v) is 6.87. The first-order chi connectivity index (χ1) is 8.38. The highest BCUT2D eigenvalue weighted by atomic mass is 35.5. The van der Waals surface area contributed by atoms with Crippen LogP contribution < -0.4 is 4.72 Å². The highest BCUT2D eigenvalue weighted by Crippen LogP contribution is 2.35. The molecule has 0 fully saturated rings. The van der Waals surface area contributed by atoms with Gasteiger partial charge in [0.15, 0.2) is 4.34 Å². The molecule has 0 saturated heterocycles. The molecule has 1 N–H and O–H groups in total. The van der Waals surface area contributed by atoms with Crippen molar-refractivity contribution in [1.82, 2.24) is 4.72 Å². The summed E-state index contributed by atoms with van der Waals surface area (Å²) in [6.07, 6.45) is 0.511. The fourth-order valence-corrected chi connectivity index (χ4v) is 3.87. The zero-order valence-corrected chi connectivity index (χ0v) is 11.8. The Labute approximate surface area is 113 Å². The van der Waals surface area contributed by atoms with Crippen molar-refractivity contribution in [2.24, 2.45) is 0 Å². The molecule has 7 nitrogen and oxygen atoms in total. The topological polar surface area (TPSA) is 98.5 Å². The number of rotatable bonds is 7. The second kappa shape index (κ2) is 6.43. The maximum Gasteiger partial charge on any atom is 0.300 e. The number of hydrogen-bond acceptors (Lipinski definition) is 6. The van der Waals surface area contributed by atoms with Crippen LogP contribution in [0.2, 0.25) is 4.34 Å². The van der Waals surface area contributed by atoms with Gasteiger partial charge >= 0.3 is 0 Å². The zero-order valence-electron chi connectivity index (χ0n) is 9.38. The minimum Gasteiger partial charge on any atom is -0.385 e. The number of ether oxygens (including phenoxy) is 1. The lowest BCUT2D eigenvalue weighted by Crippen LogP contribution is -2.24. The minimum atomic E-state index is -3.75. The van der Waals surface area contributed by atoms with Crippen LogP contribution >= 0.6 is 22.9 Å². The van der Waals surface area contributed by atoms with Crippen LogP contribution in [0.25, 0.3) is 0 Å². The van der Waals surface area contributed by atoms with Gasteiger partial charge in [-0.2, -0.15) is 0 Å². The predicted octanol–water partition coefficient (Wildman–Crippen LogP) is 1.62. The lowest BCUT2D eigenvalue weighted by Gasteiger charge is -2.03. The van der Waals surface area contributed by atoms with E-state index in [0.29, 0.717) is 24.4 Å². The predicted molar refractivity (Wildman–Crippen MR) is 67.7 cm³/mol. The Balaban J connectivity index is 2.79. The van der Waals surface area contributed by atoms with Crippen molar-refractivity contribution in [2.45, 2.75) is 10.6 Å². The quantitative estimate of drug-likeness (QED) is 0.468. The average Bonchev–Trinajstić information content (AvgIpc) is 2.68. The van der Waals surface area contributed by atoms with Crippen molar-refractivity contribution in [3.63, 3.8) is 0 Å². The average molecular weight is 315 g/mol. The molecular weight excluding hydrogens is 304 g/mol. The highest BCUT2D eigenvalue weighted by Gasteiger charge is 2.24. The van der Waals surface area contributed by atoms with Crippen LogP contribution in [-0.4, -0.2) is 33.6 Å². The maximum atomic E-state index is 11.8. The molecule has 0 unspecified atom stereocenters. The zero-order chi connectivity index (χ0) is 13.8. The van der Waals surface area contributed by atoms with E-state index < -0.39 is 20.6 Å². The van der Waals surface area contributed by atoms with Gasteiger partial charge in [0.2, 0.25) is 10.0 Å². The Morgan fingerprint density at radius 1 is 1.61 bits per heavy atom. The van der Waals surface area contributed by atoms with Crippen molar-refractivity contribution in [3.8, 4) is 0 Å². The molecule has 0 aliphatic heterocycles. The van der Waals surface area contributed by atoms with Gasteiger partial charge in [-0.25, -0.2) is 13.1 Å². The van der Waals surface area contributed by atoms with Gasteiger partial charge in [0.05, 0.1) is 4.92 Å². The van der Waals surface area contributed by atoms with Gasteiger partial charge in [-0.05, 0) is 6.42 Å². The monoisotopic (exact) mass is 314 g/mol. The SMILES string of the molecule is COCCCNS(=O)(=O)c1cc([N+](=O)[O-])c(Cl)s1. The summed E-state index contributed by atoms with van der Waals surface area (Å²) in [6.45, 7) is 0.618. The Bertz CT molecular complexity index is 528. The summed E-state index contributed by atoms with van der Waals surface area (Å²) in [5.41, 5.74) is -0.404. The fraction of sp³-hybridized carbons (Fsp3) is 0.500. The largest absolute Gasteiger partial charge is 0.385 e. The first-order valence-electron chi connectivity index (χ1n) is 4.81. The lowest BCUT2D eigenvalue weighted by atomic mass is 10.5. The molecule has 0 atom stereocenters. The van der Waals surface area contributed by atoms with E-state index in [-0.39, 0.29) is 15.1 Å². The maximum absolute atomic E-state index is 11.8. The number of methoxy groups -OCH3 is 1. The molecule has 0 aliphatic carbocycles. The van der Waals surface area contributed by atoms with Gasteiger partial charge in [-0.1, -0.05) is 11.6 Å². The molecule has 1 rings (SSSR count). The molecule has 0 spiro atoms. The second-order valence-electron chi connectivity index (χ2n) is 3.23. The van der Waals surface area contributed by atoms with Crippen LogP contribution in [0, 0.1) is 10.1 Å². The third kappa shape index (κ3) is 3.89. The Morgan fingerprint density at radius 3 is 2.78 bits per heavy atom. The Kier molecular flexibility index (Phi) is 5.47. The highest BCUT2D eigenvalue weighted by molar-refractivity contribution is 7.91. The summed E-state index contributed by atoms with van der Waals surface area (Å²) in [5.74, 6) is 0. The fourth-order valence-electron chi connectivity index (χ4n) is 1.09. The molecule has 1 aromatic heterocycles. The summed E-state index contributed by atoms with van der Waals surface area (Å²) < 4.78 is 30.3. The van der Waals surface area contributed by atoms with Crippen LogP contribution in [-0.2, 0) is 14.8 Å². The summed E-state index contributed by atoms with van der Waals surface area (Å²) in [6, 6.07) is 0.950. The van der Waals surface area contributed by atoms with Crippen molar-refractivity contribution in [1.29, 1.82) is 0 Å². The van der Waals surface area contributed by atoms with E-state index in [2.05, 4.69) is 4.72 Å². The molecule has 0 bridgehead atoms. The molecule has 0 radical (unpaired) electrons. The number of hydrogen-bond donors (Lipinski definition) is 1. The molecule has 0 amide bonds. The molecule has 0 aliphatic rings. The molecule has 0 aromatic carbocycles. The van der Waals surface area contributed by atoms with E-state index in [4.69, 9.17) is 16.3 Å². The summed E-state index contributed by atoms with van der Waals surface area (Å²) >= 11 is 6.25. The van der Waals surface area contributed by atoms with E-state index in [0.717, 1.165) is 6.07 Å². The van der Waals surface area contributed by atoms with Crippen molar-refractivity contribution >= 4 is 38.6 Å². The molecule has 10 heteroatoms. The van der Waals surface area contributed by atoms with E-state index in [1.54, 1.807) is 0 Å². The Morgan fingerprint density at radius 2 is 2.28 bits per heavy atom. The van der Waals surface area contributed by atoms with E-state index >= 15 is 0 Å². The molecule has 1 heterocycles. The standard InChI is InChI=1S/C8H11ClN2O5S2/c1-16-4-2-3-10-18(14,15)7-5-6(11(12)13)8(9)17-7/h5,10H,2-4H2,1H3. The number of sulfonamides is 1. The van der Waals surface area contributed by atoms with Crippen molar-refractivity contribution in [3.05, 3.63) is 20.5 Å². The van der Waals surface area contributed by atoms with Gasteiger partial charge in [0.1, 0.15) is 4.21 Å². The smallest absolute Gasteiger partial charge is 0.300 e. The lowest BCUT2D eigenvalue weighted by molar-refractivity contribution is -0.384. The molecule has 18 heavy (non-hydrogen) atoms. The van der Waals surface area contributed by atoms with Gasteiger partial charge in [0, 0.05) is 26.3 Å². The van der Waals surface area contributed by atoms with Crippen LogP contribution in [0.1, 0.15) is 6.42 Å². The third-order valence-electron chi connectivity index (χ3n) is 1.93. The van der Waals surface area contributed by atoms with Gasteiger partial charge in [0.25, 0.3) is 5.69 Å². The number of nitrogens with one attached hydrogen (secondary N) is 1.